The molecule has 37 heavy (non-hydrogen) atoms. The minimum absolute atomic E-state index is 0.00229. The second kappa shape index (κ2) is 10.7. The van der Waals surface area contributed by atoms with Gasteiger partial charge in [-0.2, -0.15) is 0 Å². The molecular weight excluding hydrogens is 480 g/mol. The minimum atomic E-state index is -0.702. The molecule has 2 aromatic carbocycles. The number of halogens is 2. The molecule has 1 fully saturated rings. The zero-order valence-corrected chi connectivity index (χ0v) is 20.5. The highest BCUT2D eigenvalue weighted by atomic mass is 19.1. The number of hydrogen-bond acceptors (Lipinski definition) is 6. The van der Waals surface area contributed by atoms with Gasteiger partial charge in [0, 0.05) is 16.7 Å². The van der Waals surface area contributed by atoms with Crippen LogP contribution in [-0.4, -0.2) is 34.9 Å². The average Bonchev–Trinajstić information content (AvgIpc) is 3.70. The molecule has 192 valence electrons. The molecule has 8 nitrogen and oxygen atoms in total. The Morgan fingerprint density at radius 3 is 2.62 bits per heavy atom. The summed E-state index contributed by atoms with van der Waals surface area (Å²) in [5.41, 5.74) is 8.06. The zero-order valence-electron chi connectivity index (χ0n) is 20.5. The summed E-state index contributed by atoms with van der Waals surface area (Å²) in [4.78, 5) is 32.9. The third-order valence-electron chi connectivity index (χ3n) is 6.02. The highest BCUT2D eigenvalue weighted by Crippen LogP contribution is 2.41. The van der Waals surface area contributed by atoms with Gasteiger partial charge in [0.1, 0.15) is 30.3 Å². The van der Waals surface area contributed by atoms with E-state index in [1.165, 1.54) is 24.5 Å². The number of amides is 2. The lowest BCUT2D eigenvalue weighted by Gasteiger charge is -2.16. The van der Waals surface area contributed by atoms with Gasteiger partial charge in [-0.25, -0.2) is 18.7 Å². The van der Waals surface area contributed by atoms with Gasteiger partial charge in [0.15, 0.2) is 11.6 Å². The number of nitrogens with zero attached hydrogens (tertiary/aromatic N) is 2. The number of carbonyl (C=O) groups is 2. The monoisotopic (exact) mass is 507 g/mol. The first kappa shape index (κ1) is 25.7. The fourth-order valence-electron chi connectivity index (χ4n) is 3.84. The summed E-state index contributed by atoms with van der Waals surface area (Å²) in [5, 5.41) is 5.16. The lowest BCUT2D eigenvalue weighted by atomic mass is 9.98. The van der Waals surface area contributed by atoms with Crippen molar-refractivity contribution in [1.29, 1.82) is 0 Å². The molecule has 1 aromatic heterocycles. The molecule has 0 atom stereocenters. The Balaban J connectivity index is 1.59. The maximum absolute atomic E-state index is 14.7. The standard InChI is InChI=1S/C27H27F2N5O3/c1-14(2)26(35)31-8-9-37-24-23(32-13-33-25(24)30)19-11-18(28)12-20(15(19)3)27(36)34-22-7-6-17(10-21(22)29)16-4-5-16/h6-7,10-13,16H,1,4-5,8-9H2,2-3H3,(H,31,35)(H,34,36)(H2,30,32,33). The molecule has 0 bridgehead atoms. The largest absolute Gasteiger partial charge is 0.486 e. The van der Waals surface area contributed by atoms with E-state index in [-0.39, 0.29) is 53.1 Å². The van der Waals surface area contributed by atoms with E-state index in [1.54, 1.807) is 19.9 Å². The minimum Gasteiger partial charge on any atom is -0.486 e. The molecule has 1 aliphatic rings. The number of anilines is 2. The Hall–Kier alpha value is -4.34. The summed E-state index contributed by atoms with van der Waals surface area (Å²) in [5.74, 6) is -1.80. The zero-order chi connectivity index (χ0) is 26.7. The number of carbonyl (C=O) groups excluding carboxylic acids is 2. The van der Waals surface area contributed by atoms with Crippen LogP contribution >= 0.6 is 0 Å². The first-order valence-electron chi connectivity index (χ1n) is 11.7. The van der Waals surface area contributed by atoms with E-state index in [4.69, 9.17) is 10.5 Å². The molecule has 0 radical (unpaired) electrons. The van der Waals surface area contributed by atoms with Crippen LogP contribution in [0.2, 0.25) is 0 Å². The first-order valence-corrected chi connectivity index (χ1v) is 11.7. The number of nitrogen functional groups attached to an aromatic ring is 1. The number of nitrogens with two attached hydrogens (primary N) is 1. The van der Waals surface area contributed by atoms with Crippen LogP contribution < -0.4 is 21.1 Å². The molecule has 4 rings (SSSR count). The Bertz CT molecular complexity index is 1390. The molecule has 0 aliphatic heterocycles. The molecule has 1 heterocycles. The highest BCUT2D eigenvalue weighted by molar-refractivity contribution is 6.06. The summed E-state index contributed by atoms with van der Waals surface area (Å²) in [6, 6.07) is 6.99. The van der Waals surface area contributed by atoms with Crippen molar-refractivity contribution in [1.82, 2.24) is 15.3 Å². The fourth-order valence-corrected chi connectivity index (χ4v) is 3.84. The first-order chi connectivity index (χ1) is 17.7. The summed E-state index contributed by atoms with van der Waals surface area (Å²) in [7, 11) is 0. The average molecular weight is 508 g/mol. The summed E-state index contributed by atoms with van der Waals surface area (Å²) >= 11 is 0. The van der Waals surface area contributed by atoms with Crippen LogP contribution in [0, 0.1) is 18.6 Å². The van der Waals surface area contributed by atoms with E-state index >= 15 is 0 Å². The number of hydrogen-bond donors (Lipinski definition) is 3. The normalized spacial score (nSPS) is 12.6. The third kappa shape index (κ3) is 5.91. The van der Waals surface area contributed by atoms with Crippen LogP contribution in [0.5, 0.6) is 5.75 Å². The van der Waals surface area contributed by atoms with E-state index in [1.807, 2.05) is 0 Å². The van der Waals surface area contributed by atoms with Crippen LogP contribution in [-0.2, 0) is 4.79 Å². The van der Waals surface area contributed by atoms with E-state index < -0.39 is 17.5 Å². The van der Waals surface area contributed by atoms with E-state index in [0.29, 0.717) is 17.1 Å². The molecule has 10 heteroatoms. The van der Waals surface area contributed by atoms with Crippen LogP contribution in [0.25, 0.3) is 11.3 Å². The van der Waals surface area contributed by atoms with E-state index in [2.05, 4.69) is 27.2 Å². The van der Waals surface area contributed by atoms with Gasteiger partial charge in [0.05, 0.1) is 12.2 Å². The Kier molecular flexibility index (Phi) is 7.47. The van der Waals surface area contributed by atoms with Crippen molar-refractivity contribution < 1.29 is 23.1 Å². The smallest absolute Gasteiger partial charge is 0.256 e. The maximum atomic E-state index is 14.7. The number of benzene rings is 2. The van der Waals surface area contributed by atoms with Crippen LogP contribution in [0.1, 0.15) is 47.2 Å². The van der Waals surface area contributed by atoms with Crippen LogP contribution in [0.4, 0.5) is 20.3 Å². The van der Waals surface area contributed by atoms with Gasteiger partial charge in [-0.1, -0.05) is 12.6 Å². The number of rotatable bonds is 9. The molecule has 0 unspecified atom stereocenters. The van der Waals surface area contributed by atoms with Gasteiger partial charge in [0.2, 0.25) is 5.91 Å². The van der Waals surface area contributed by atoms with Gasteiger partial charge >= 0.3 is 0 Å². The van der Waals surface area contributed by atoms with Crippen LogP contribution in [0.15, 0.2) is 48.8 Å². The molecule has 0 spiro atoms. The molecule has 4 N–H and O–H groups in total. The summed E-state index contributed by atoms with van der Waals surface area (Å²) in [6.07, 6.45) is 3.25. The van der Waals surface area contributed by atoms with Gasteiger partial charge in [-0.15, -0.1) is 0 Å². The summed E-state index contributed by atoms with van der Waals surface area (Å²) in [6.45, 7) is 6.94. The highest BCUT2D eigenvalue weighted by Gasteiger charge is 2.25. The lowest BCUT2D eigenvalue weighted by Crippen LogP contribution is -2.28. The molecule has 1 saturated carbocycles. The van der Waals surface area contributed by atoms with Crippen molar-refractivity contribution in [3.8, 4) is 17.0 Å². The van der Waals surface area contributed by atoms with Gasteiger partial charge in [-0.3, -0.25) is 9.59 Å². The van der Waals surface area contributed by atoms with Crippen molar-refractivity contribution in [2.45, 2.75) is 32.6 Å². The Morgan fingerprint density at radius 2 is 1.95 bits per heavy atom. The molecule has 0 saturated heterocycles. The van der Waals surface area contributed by atoms with Gasteiger partial charge < -0.3 is 21.1 Å². The fraction of sp³-hybridized carbons (Fsp3) is 0.259. The van der Waals surface area contributed by atoms with Gasteiger partial charge in [0.25, 0.3) is 5.91 Å². The van der Waals surface area contributed by atoms with Crippen LogP contribution in [0.3, 0.4) is 0 Å². The molecule has 2 amide bonds. The number of nitrogens with one attached hydrogen (secondary N) is 2. The SMILES string of the molecule is C=C(C)C(=O)NCCOc1c(N)ncnc1-c1cc(F)cc(C(=O)Nc2ccc(C3CC3)cc2F)c1C. The molecule has 3 aromatic rings. The van der Waals surface area contributed by atoms with E-state index in [0.717, 1.165) is 24.5 Å². The maximum Gasteiger partial charge on any atom is 0.256 e. The second-order valence-corrected chi connectivity index (χ2v) is 8.91. The quantitative estimate of drug-likeness (QED) is 0.290. The molecular formula is C27H27F2N5O3. The lowest BCUT2D eigenvalue weighted by molar-refractivity contribution is -0.117. The van der Waals surface area contributed by atoms with Gasteiger partial charge in [-0.05, 0) is 68.0 Å². The van der Waals surface area contributed by atoms with E-state index in [9.17, 15) is 18.4 Å². The topological polar surface area (TPSA) is 119 Å². The summed E-state index contributed by atoms with van der Waals surface area (Å²) < 4.78 is 35.0. The predicted octanol–water partition coefficient (Wildman–Crippen LogP) is 4.51. The third-order valence-corrected chi connectivity index (χ3v) is 6.02. The van der Waals surface area contributed by atoms with Crippen molar-refractivity contribution in [3.05, 3.63) is 77.1 Å². The van der Waals surface area contributed by atoms with Crippen molar-refractivity contribution in [2.75, 3.05) is 24.2 Å². The Morgan fingerprint density at radius 1 is 1.19 bits per heavy atom. The van der Waals surface area contributed by atoms with Crippen molar-refractivity contribution in [2.24, 2.45) is 0 Å². The number of aromatic nitrogens is 2. The second-order valence-electron chi connectivity index (χ2n) is 8.91. The Labute approximate surface area is 213 Å². The predicted molar refractivity (Wildman–Crippen MR) is 136 cm³/mol. The van der Waals surface area contributed by atoms with Crippen molar-refractivity contribution >= 4 is 23.3 Å². The van der Waals surface area contributed by atoms with Crippen molar-refractivity contribution in [3.63, 3.8) is 0 Å². The molecule has 1 aliphatic carbocycles. The number of ether oxygens (including phenoxy) is 1.